The fourth-order valence-corrected chi connectivity index (χ4v) is 1.28. The molecule has 1 aromatic heterocycles. The van der Waals surface area contributed by atoms with Crippen molar-refractivity contribution in [2.75, 3.05) is 13.6 Å². The van der Waals surface area contributed by atoms with E-state index in [-0.39, 0.29) is 17.7 Å². The van der Waals surface area contributed by atoms with Crippen LogP contribution in [0.15, 0.2) is 12.3 Å². The molecule has 0 aliphatic rings. The largest absolute Gasteiger partial charge is 0.468 e. The first-order valence-electron chi connectivity index (χ1n) is 4.97. The van der Waals surface area contributed by atoms with E-state index in [1.54, 1.807) is 20.2 Å². The van der Waals surface area contributed by atoms with Crippen LogP contribution in [0.3, 0.4) is 0 Å². The third-order valence-corrected chi connectivity index (χ3v) is 1.97. The molecule has 0 bridgehead atoms. The van der Waals surface area contributed by atoms with Gasteiger partial charge in [0.15, 0.2) is 0 Å². The van der Waals surface area contributed by atoms with Crippen LogP contribution in [0.2, 0.25) is 0 Å². The van der Waals surface area contributed by atoms with Gasteiger partial charge in [-0.05, 0) is 26.5 Å². The maximum Gasteiger partial charge on any atom is 0.331 e. The van der Waals surface area contributed by atoms with Gasteiger partial charge in [0.25, 0.3) is 5.88 Å². The number of rotatable bonds is 5. The monoisotopic (exact) mass is 225 g/mol. The number of likely N-dealkylation sites (N-methyl/N-ethyl adjacent to an activating group) is 1. The van der Waals surface area contributed by atoms with Gasteiger partial charge in [0.1, 0.15) is 6.10 Å². The van der Waals surface area contributed by atoms with Crippen molar-refractivity contribution in [3.63, 3.8) is 0 Å². The van der Waals surface area contributed by atoms with Crippen LogP contribution in [0.4, 0.5) is 5.69 Å². The average molecular weight is 225 g/mol. The van der Waals surface area contributed by atoms with Gasteiger partial charge < -0.3 is 10.1 Å². The Morgan fingerprint density at radius 3 is 2.94 bits per heavy atom. The summed E-state index contributed by atoms with van der Waals surface area (Å²) in [5, 5.41) is 13.7. The molecule has 1 rings (SSSR count). The van der Waals surface area contributed by atoms with Gasteiger partial charge in [0.05, 0.1) is 4.92 Å². The van der Waals surface area contributed by atoms with Crippen LogP contribution in [0.25, 0.3) is 0 Å². The average Bonchev–Trinajstić information content (AvgIpc) is 2.20. The lowest BCUT2D eigenvalue weighted by Crippen LogP contribution is -2.26. The highest BCUT2D eigenvalue weighted by Crippen LogP contribution is 2.25. The zero-order valence-electron chi connectivity index (χ0n) is 9.56. The lowest BCUT2D eigenvalue weighted by Gasteiger charge is -2.13. The summed E-state index contributed by atoms with van der Waals surface area (Å²) in [5.74, 6) is 0.0679. The summed E-state index contributed by atoms with van der Waals surface area (Å²) < 4.78 is 5.39. The molecule has 0 saturated heterocycles. The zero-order valence-corrected chi connectivity index (χ0v) is 9.56. The third-order valence-electron chi connectivity index (χ3n) is 1.97. The Bertz CT molecular complexity index is 382. The SMILES string of the molecule is CNCC(C)Oc1ncc(C)cc1[N+](=O)[O-]. The van der Waals surface area contributed by atoms with Gasteiger partial charge in [0.2, 0.25) is 0 Å². The summed E-state index contributed by atoms with van der Waals surface area (Å²) in [7, 11) is 1.79. The van der Waals surface area contributed by atoms with Gasteiger partial charge in [-0.3, -0.25) is 10.1 Å². The first kappa shape index (κ1) is 12.4. The minimum atomic E-state index is -0.485. The van der Waals surface area contributed by atoms with Crippen LogP contribution >= 0.6 is 0 Å². The van der Waals surface area contributed by atoms with E-state index >= 15 is 0 Å². The van der Waals surface area contributed by atoms with E-state index in [1.807, 2.05) is 6.92 Å². The highest BCUT2D eigenvalue weighted by Gasteiger charge is 2.18. The van der Waals surface area contributed by atoms with Crippen molar-refractivity contribution in [3.8, 4) is 5.88 Å². The number of pyridine rings is 1. The summed E-state index contributed by atoms with van der Waals surface area (Å²) in [4.78, 5) is 14.2. The lowest BCUT2D eigenvalue weighted by molar-refractivity contribution is -0.386. The van der Waals surface area contributed by atoms with Crippen molar-refractivity contribution in [1.82, 2.24) is 10.3 Å². The Kier molecular flexibility index (Phi) is 4.19. The van der Waals surface area contributed by atoms with Crippen LogP contribution in [0.5, 0.6) is 5.88 Å². The summed E-state index contributed by atoms with van der Waals surface area (Å²) in [6.45, 7) is 4.18. The van der Waals surface area contributed by atoms with Gasteiger partial charge in [-0.2, -0.15) is 0 Å². The third kappa shape index (κ3) is 3.16. The Balaban J connectivity index is 2.90. The molecule has 0 aliphatic carbocycles. The molecular formula is C10H15N3O3. The number of hydrogen-bond acceptors (Lipinski definition) is 5. The smallest absolute Gasteiger partial charge is 0.331 e. The van der Waals surface area contributed by atoms with E-state index in [9.17, 15) is 10.1 Å². The first-order valence-corrected chi connectivity index (χ1v) is 4.97. The van der Waals surface area contributed by atoms with Crippen molar-refractivity contribution in [1.29, 1.82) is 0 Å². The number of nitrogens with one attached hydrogen (secondary N) is 1. The zero-order chi connectivity index (χ0) is 12.1. The second-order valence-corrected chi connectivity index (χ2v) is 3.58. The quantitative estimate of drug-likeness (QED) is 0.603. The molecule has 0 aromatic carbocycles. The van der Waals surface area contributed by atoms with Crippen molar-refractivity contribution in [2.24, 2.45) is 0 Å². The van der Waals surface area contributed by atoms with Gasteiger partial charge in [-0.1, -0.05) is 0 Å². The molecule has 88 valence electrons. The molecule has 16 heavy (non-hydrogen) atoms. The predicted molar refractivity (Wildman–Crippen MR) is 59.6 cm³/mol. The van der Waals surface area contributed by atoms with Gasteiger partial charge in [-0.25, -0.2) is 4.98 Å². The van der Waals surface area contributed by atoms with E-state index in [0.29, 0.717) is 6.54 Å². The molecular weight excluding hydrogens is 210 g/mol. The minimum Gasteiger partial charge on any atom is -0.468 e. The molecule has 6 heteroatoms. The number of hydrogen-bond donors (Lipinski definition) is 1. The van der Waals surface area contributed by atoms with Crippen LogP contribution in [0, 0.1) is 17.0 Å². The van der Waals surface area contributed by atoms with Crippen molar-refractivity contribution < 1.29 is 9.66 Å². The van der Waals surface area contributed by atoms with E-state index in [2.05, 4.69) is 10.3 Å². The standard InChI is InChI=1S/C10H15N3O3/c1-7-4-9(13(14)15)10(12-5-7)16-8(2)6-11-3/h4-5,8,11H,6H2,1-3H3. The van der Waals surface area contributed by atoms with Gasteiger partial charge in [-0.15, -0.1) is 0 Å². The molecule has 6 nitrogen and oxygen atoms in total. The molecule has 1 aromatic rings. The summed E-state index contributed by atoms with van der Waals surface area (Å²) in [5.41, 5.74) is 0.642. The van der Waals surface area contributed by atoms with Crippen LogP contribution in [-0.4, -0.2) is 29.6 Å². The van der Waals surface area contributed by atoms with E-state index in [1.165, 1.54) is 6.07 Å². The fourth-order valence-electron chi connectivity index (χ4n) is 1.28. The molecule has 1 atom stereocenters. The predicted octanol–water partition coefficient (Wildman–Crippen LogP) is 1.28. The first-order chi connectivity index (χ1) is 7.54. The van der Waals surface area contributed by atoms with Crippen molar-refractivity contribution in [2.45, 2.75) is 20.0 Å². The molecule has 0 amide bonds. The molecule has 1 unspecified atom stereocenters. The number of ether oxygens (including phenoxy) is 1. The topological polar surface area (TPSA) is 77.3 Å². The van der Waals surface area contributed by atoms with Crippen molar-refractivity contribution in [3.05, 3.63) is 27.9 Å². The molecule has 1 heterocycles. The minimum absolute atomic E-state index is 0.0679. The number of aryl methyl sites for hydroxylation is 1. The normalized spacial score (nSPS) is 12.2. The molecule has 1 N–H and O–H groups in total. The van der Waals surface area contributed by atoms with Gasteiger partial charge in [0, 0.05) is 18.8 Å². The summed E-state index contributed by atoms with van der Waals surface area (Å²) >= 11 is 0. The Morgan fingerprint density at radius 2 is 2.38 bits per heavy atom. The number of aromatic nitrogens is 1. The second-order valence-electron chi connectivity index (χ2n) is 3.58. The van der Waals surface area contributed by atoms with E-state index < -0.39 is 4.92 Å². The molecule has 0 aliphatic heterocycles. The fraction of sp³-hybridized carbons (Fsp3) is 0.500. The maximum absolute atomic E-state index is 10.8. The van der Waals surface area contributed by atoms with Crippen LogP contribution < -0.4 is 10.1 Å². The highest BCUT2D eigenvalue weighted by atomic mass is 16.6. The maximum atomic E-state index is 10.8. The summed E-state index contributed by atoms with van der Waals surface area (Å²) in [6.07, 6.45) is 1.38. The molecule has 0 fully saturated rings. The Labute approximate surface area is 93.8 Å². The van der Waals surface area contributed by atoms with Gasteiger partial charge >= 0.3 is 5.69 Å². The summed E-state index contributed by atoms with van der Waals surface area (Å²) in [6, 6.07) is 1.45. The molecule has 0 saturated carbocycles. The number of nitro groups is 1. The highest BCUT2D eigenvalue weighted by molar-refractivity contribution is 5.42. The molecule has 0 spiro atoms. The second kappa shape index (κ2) is 5.41. The lowest BCUT2D eigenvalue weighted by atomic mass is 10.3. The van der Waals surface area contributed by atoms with Crippen LogP contribution in [0.1, 0.15) is 12.5 Å². The van der Waals surface area contributed by atoms with Crippen molar-refractivity contribution >= 4 is 5.69 Å². The number of nitrogens with zero attached hydrogens (tertiary/aromatic N) is 2. The van der Waals surface area contributed by atoms with E-state index in [4.69, 9.17) is 4.74 Å². The van der Waals surface area contributed by atoms with E-state index in [0.717, 1.165) is 5.56 Å². The Hall–Kier alpha value is -1.69. The Morgan fingerprint density at radius 1 is 1.69 bits per heavy atom. The molecule has 0 radical (unpaired) electrons. The van der Waals surface area contributed by atoms with Crippen LogP contribution in [-0.2, 0) is 0 Å².